The molecular formula is C21H13ClF4N4O3. The van der Waals surface area contributed by atoms with E-state index >= 15 is 0 Å². The summed E-state index contributed by atoms with van der Waals surface area (Å²) >= 11 is 5.96. The highest BCUT2D eigenvalue weighted by molar-refractivity contribution is 6.33. The first kappa shape index (κ1) is 21.4. The zero-order valence-corrected chi connectivity index (χ0v) is 17.4. The van der Waals surface area contributed by atoms with Crippen LogP contribution in [0.25, 0.3) is 28.6 Å². The molecule has 0 aliphatic heterocycles. The smallest absolute Gasteiger partial charge is 0.417 e. The number of carbonyl (C=O) groups is 1. The molecule has 12 heteroatoms. The molecule has 7 nitrogen and oxygen atoms in total. The molecule has 1 fully saturated rings. The lowest BCUT2D eigenvalue weighted by Gasteiger charge is -2.07. The lowest BCUT2D eigenvalue weighted by atomic mass is 10.0. The van der Waals surface area contributed by atoms with Crippen LogP contribution in [-0.4, -0.2) is 30.6 Å². The first-order chi connectivity index (χ1) is 15.5. The van der Waals surface area contributed by atoms with Gasteiger partial charge < -0.3 is 14.0 Å². The van der Waals surface area contributed by atoms with E-state index in [-0.39, 0.29) is 34.0 Å². The van der Waals surface area contributed by atoms with Crippen LogP contribution in [-0.2, 0) is 11.0 Å². The standard InChI is InChI=1S/C21H13ClF4N4O3/c1-8-2-12(11-4-13(11)20(31)32)15(23)5-10(8)17-28-19(33-29-17)16-7-30-6-9(21(24,25)26)3-14(22)18(30)27-16/h2-3,5-7,11,13H,4H2,1H3,(H,31,32). The van der Waals surface area contributed by atoms with Gasteiger partial charge in [-0.3, -0.25) is 4.79 Å². The fourth-order valence-electron chi connectivity index (χ4n) is 3.79. The van der Waals surface area contributed by atoms with E-state index in [2.05, 4.69) is 15.1 Å². The second-order valence-electron chi connectivity index (χ2n) is 7.83. The van der Waals surface area contributed by atoms with Gasteiger partial charge in [-0.2, -0.15) is 18.2 Å². The van der Waals surface area contributed by atoms with Gasteiger partial charge in [-0.15, -0.1) is 0 Å². The van der Waals surface area contributed by atoms with Crippen LogP contribution < -0.4 is 0 Å². The average Bonchev–Trinajstić information content (AvgIpc) is 3.16. The molecule has 1 aliphatic rings. The molecule has 4 aromatic rings. The zero-order chi connectivity index (χ0) is 23.7. The number of rotatable bonds is 4. The predicted octanol–water partition coefficient (Wildman–Crippen LogP) is 5.36. The number of carboxylic acid groups (broad SMARTS) is 1. The number of aryl methyl sites for hydroxylation is 1. The van der Waals surface area contributed by atoms with Gasteiger partial charge in [-0.05, 0) is 36.6 Å². The Morgan fingerprint density at radius 1 is 1.24 bits per heavy atom. The van der Waals surface area contributed by atoms with E-state index in [1.54, 1.807) is 13.0 Å². The minimum atomic E-state index is -4.58. The fraction of sp³-hybridized carbons (Fsp3) is 0.238. The molecule has 0 saturated heterocycles. The third-order valence-electron chi connectivity index (χ3n) is 5.57. The van der Waals surface area contributed by atoms with Gasteiger partial charge in [0.15, 0.2) is 5.65 Å². The summed E-state index contributed by atoms with van der Waals surface area (Å²) < 4.78 is 60.1. The predicted molar refractivity (Wildman–Crippen MR) is 107 cm³/mol. The number of halogens is 5. The van der Waals surface area contributed by atoms with Crippen molar-refractivity contribution in [2.45, 2.75) is 25.4 Å². The molecule has 3 aromatic heterocycles. The minimum absolute atomic E-state index is 0.0534. The van der Waals surface area contributed by atoms with Crippen molar-refractivity contribution in [2.24, 2.45) is 5.92 Å². The van der Waals surface area contributed by atoms with Crippen molar-refractivity contribution in [3.8, 4) is 23.0 Å². The van der Waals surface area contributed by atoms with E-state index in [0.717, 1.165) is 16.7 Å². The topological polar surface area (TPSA) is 93.5 Å². The van der Waals surface area contributed by atoms with Crippen molar-refractivity contribution in [1.82, 2.24) is 19.5 Å². The van der Waals surface area contributed by atoms with Crippen molar-refractivity contribution >= 4 is 23.2 Å². The number of nitrogens with zero attached hydrogens (tertiary/aromatic N) is 4. The Morgan fingerprint density at radius 3 is 2.67 bits per heavy atom. The van der Waals surface area contributed by atoms with Crippen LogP contribution in [0.5, 0.6) is 0 Å². The highest BCUT2D eigenvalue weighted by Crippen LogP contribution is 2.49. The van der Waals surface area contributed by atoms with Crippen LogP contribution in [0.2, 0.25) is 5.02 Å². The van der Waals surface area contributed by atoms with Crippen LogP contribution in [0.3, 0.4) is 0 Å². The second-order valence-corrected chi connectivity index (χ2v) is 8.24. The number of imidazole rings is 1. The maximum absolute atomic E-state index is 14.7. The summed E-state index contributed by atoms with van der Waals surface area (Å²) in [5, 5.41) is 12.7. The molecule has 3 heterocycles. The number of alkyl halides is 3. The summed E-state index contributed by atoms with van der Waals surface area (Å²) in [6.07, 6.45) is -2.10. The van der Waals surface area contributed by atoms with E-state index in [9.17, 15) is 22.4 Å². The maximum atomic E-state index is 14.7. The van der Waals surface area contributed by atoms with Crippen molar-refractivity contribution in [1.29, 1.82) is 0 Å². The van der Waals surface area contributed by atoms with Crippen molar-refractivity contribution < 1.29 is 32.0 Å². The Morgan fingerprint density at radius 2 is 2.00 bits per heavy atom. The van der Waals surface area contributed by atoms with E-state index in [4.69, 9.17) is 21.2 Å². The van der Waals surface area contributed by atoms with Crippen LogP contribution in [0.1, 0.15) is 29.0 Å². The monoisotopic (exact) mass is 480 g/mol. The number of hydrogen-bond donors (Lipinski definition) is 1. The molecule has 5 rings (SSSR count). The van der Waals surface area contributed by atoms with Gasteiger partial charge in [0.1, 0.15) is 11.5 Å². The Hall–Kier alpha value is -3.47. The fourth-order valence-corrected chi connectivity index (χ4v) is 4.05. The van der Waals surface area contributed by atoms with Gasteiger partial charge in [0.2, 0.25) is 5.82 Å². The number of benzene rings is 1. The lowest BCUT2D eigenvalue weighted by molar-refractivity contribution is -0.139. The van der Waals surface area contributed by atoms with Gasteiger partial charge in [-0.25, -0.2) is 9.37 Å². The lowest BCUT2D eigenvalue weighted by Crippen LogP contribution is -2.06. The van der Waals surface area contributed by atoms with E-state index in [0.29, 0.717) is 23.1 Å². The molecule has 1 aliphatic carbocycles. The summed E-state index contributed by atoms with van der Waals surface area (Å²) in [5.41, 5.74) is 0.489. The van der Waals surface area contributed by atoms with Crippen molar-refractivity contribution in [2.75, 3.05) is 0 Å². The third kappa shape index (κ3) is 3.71. The van der Waals surface area contributed by atoms with Gasteiger partial charge in [0.25, 0.3) is 5.89 Å². The molecule has 1 aromatic carbocycles. The van der Waals surface area contributed by atoms with Gasteiger partial charge in [0, 0.05) is 23.9 Å². The van der Waals surface area contributed by atoms with Gasteiger partial charge in [-0.1, -0.05) is 22.8 Å². The molecule has 170 valence electrons. The molecule has 2 unspecified atom stereocenters. The van der Waals surface area contributed by atoms with Crippen LogP contribution in [0, 0.1) is 18.7 Å². The van der Waals surface area contributed by atoms with Crippen molar-refractivity contribution in [3.63, 3.8) is 0 Å². The average molecular weight is 481 g/mol. The van der Waals surface area contributed by atoms with Crippen LogP contribution in [0.4, 0.5) is 17.6 Å². The second kappa shape index (κ2) is 7.27. The highest BCUT2D eigenvalue weighted by atomic mass is 35.5. The third-order valence-corrected chi connectivity index (χ3v) is 5.85. The Balaban J connectivity index is 1.49. The molecule has 1 saturated carbocycles. The molecular weight excluding hydrogens is 468 g/mol. The zero-order valence-electron chi connectivity index (χ0n) is 16.7. The Labute approximate surface area is 187 Å². The Kier molecular flexibility index (Phi) is 4.71. The maximum Gasteiger partial charge on any atom is 0.417 e. The molecule has 0 radical (unpaired) electrons. The molecule has 1 N–H and O–H groups in total. The summed E-state index contributed by atoms with van der Waals surface area (Å²) in [5.74, 6) is -2.54. The first-order valence-corrected chi connectivity index (χ1v) is 10.0. The first-order valence-electron chi connectivity index (χ1n) is 9.65. The van der Waals surface area contributed by atoms with E-state index in [1.165, 1.54) is 12.3 Å². The van der Waals surface area contributed by atoms with E-state index < -0.39 is 29.4 Å². The van der Waals surface area contributed by atoms with Crippen LogP contribution >= 0.6 is 11.6 Å². The van der Waals surface area contributed by atoms with Crippen molar-refractivity contribution in [3.05, 3.63) is 58.1 Å². The molecule has 0 amide bonds. The van der Waals surface area contributed by atoms with E-state index in [1.807, 2.05) is 0 Å². The van der Waals surface area contributed by atoms with Gasteiger partial charge in [0.05, 0.1) is 16.5 Å². The molecule has 0 spiro atoms. The summed E-state index contributed by atoms with van der Waals surface area (Å²) in [6.45, 7) is 1.70. The minimum Gasteiger partial charge on any atom is -0.481 e. The highest BCUT2D eigenvalue weighted by Gasteiger charge is 2.45. The summed E-state index contributed by atoms with van der Waals surface area (Å²) in [4.78, 5) is 19.5. The number of aliphatic carboxylic acids is 1. The largest absolute Gasteiger partial charge is 0.481 e. The number of carboxylic acids is 1. The normalized spacial score (nSPS) is 18.1. The van der Waals surface area contributed by atoms with Gasteiger partial charge >= 0.3 is 12.1 Å². The number of fused-ring (bicyclic) bond motifs is 1. The summed E-state index contributed by atoms with van der Waals surface area (Å²) in [7, 11) is 0. The molecule has 2 atom stereocenters. The quantitative estimate of drug-likeness (QED) is 0.395. The van der Waals surface area contributed by atoms with Crippen LogP contribution in [0.15, 0.2) is 35.1 Å². The SMILES string of the molecule is Cc1cc(C2CC2C(=O)O)c(F)cc1-c1noc(-c2cn3cc(C(F)(F)F)cc(Cl)c3n2)n1. The number of pyridine rings is 1. The number of aromatic nitrogens is 4. The Bertz CT molecular complexity index is 1430. The molecule has 0 bridgehead atoms. The molecule has 33 heavy (non-hydrogen) atoms. The summed E-state index contributed by atoms with van der Waals surface area (Å²) in [6, 6.07) is 3.56. The number of hydrogen-bond acceptors (Lipinski definition) is 5.